The van der Waals surface area contributed by atoms with E-state index in [0.717, 1.165) is 28.9 Å². The van der Waals surface area contributed by atoms with Crippen molar-refractivity contribution in [1.82, 2.24) is 4.57 Å². The molecule has 0 unspecified atom stereocenters. The number of aromatic nitrogens is 1. The first kappa shape index (κ1) is 13.7. The standard InChI is InChI=1S/C18H18FNO/c1-3-20-16(10-14-6-7-15(19)11-18(14)20)12-21-17-8-4-13(2)5-9-17/h4-11H,3,12H2,1-2H3. The maximum atomic E-state index is 13.4. The SMILES string of the molecule is CCn1c(COc2ccc(C)cc2)cc2ccc(F)cc21. The number of hydrogen-bond acceptors (Lipinski definition) is 1. The van der Waals surface area contributed by atoms with Crippen LogP contribution in [0.1, 0.15) is 18.2 Å². The highest BCUT2D eigenvalue weighted by Crippen LogP contribution is 2.22. The molecule has 2 aromatic carbocycles. The van der Waals surface area contributed by atoms with Gasteiger partial charge in [0, 0.05) is 11.9 Å². The zero-order chi connectivity index (χ0) is 14.8. The van der Waals surface area contributed by atoms with Gasteiger partial charge in [-0.2, -0.15) is 0 Å². The van der Waals surface area contributed by atoms with E-state index in [1.165, 1.54) is 11.6 Å². The number of rotatable bonds is 4. The maximum absolute atomic E-state index is 13.4. The Labute approximate surface area is 123 Å². The zero-order valence-corrected chi connectivity index (χ0v) is 12.3. The fourth-order valence-corrected chi connectivity index (χ4v) is 2.57. The van der Waals surface area contributed by atoms with Crippen molar-refractivity contribution in [1.29, 1.82) is 0 Å². The minimum atomic E-state index is -0.207. The Morgan fingerprint density at radius 2 is 1.81 bits per heavy atom. The predicted octanol–water partition coefficient (Wildman–Crippen LogP) is 4.69. The highest BCUT2D eigenvalue weighted by atomic mass is 19.1. The fraction of sp³-hybridized carbons (Fsp3) is 0.222. The summed E-state index contributed by atoms with van der Waals surface area (Å²) < 4.78 is 21.3. The summed E-state index contributed by atoms with van der Waals surface area (Å²) in [6.45, 7) is 5.37. The van der Waals surface area contributed by atoms with Crippen molar-refractivity contribution < 1.29 is 9.13 Å². The molecular formula is C18H18FNO. The van der Waals surface area contributed by atoms with Crippen LogP contribution < -0.4 is 4.74 Å². The molecule has 21 heavy (non-hydrogen) atoms. The highest BCUT2D eigenvalue weighted by molar-refractivity contribution is 5.81. The lowest BCUT2D eigenvalue weighted by Crippen LogP contribution is -2.04. The van der Waals surface area contributed by atoms with Crippen molar-refractivity contribution in [2.75, 3.05) is 0 Å². The molecule has 0 atom stereocenters. The first-order chi connectivity index (χ1) is 10.2. The van der Waals surface area contributed by atoms with Crippen LogP contribution in [-0.4, -0.2) is 4.57 Å². The number of benzene rings is 2. The van der Waals surface area contributed by atoms with E-state index in [4.69, 9.17) is 4.74 Å². The highest BCUT2D eigenvalue weighted by Gasteiger charge is 2.09. The molecule has 3 rings (SSSR count). The predicted molar refractivity (Wildman–Crippen MR) is 83.1 cm³/mol. The topological polar surface area (TPSA) is 14.2 Å². The average Bonchev–Trinajstić information content (AvgIpc) is 2.83. The maximum Gasteiger partial charge on any atom is 0.128 e. The first-order valence-electron chi connectivity index (χ1n) is 7.14. The molecule has 0 aliphatic heterocycles. The van der Waals surface area contributed by atoms with Gasteiger partial charge in [-0.05, 0) is 50.2 Å². The van der Waals surface area contributed by atoms with Crippen LogP contribution in [0.2, 0.25) is 0 Å². The van der Waals surface area contributed by atoms with Crippen LogP contribution in [0.4, 0.5) is 4.39 Å². The Morgan fingerprint density at radius 1 is 1.05 bits per heavy atom. The minimum absolute atomic E-state index is 0.207. The third kappa shape index (κ3) is 2.77. The van der Waals surface area contributed by atoms with Gasteiger partial charge in [-0.15, -0.1) is 0 Å². The molecule has 108 valence electrons. The van der Waals surface area contributed by atoms with Gasteiger partial charge in [0.15, 0.2) is 0 Å². The van der Waals surface area contributed by atoms with E-state index in [2.05, 4.69) is 17.6 Å². The zero-order valence-electron chi connectivity index (χ0n) is 12.3. The first-order valence-corrected chi connectivity index (χ1v) is 7.14. The van der Waals surface area contributed by atoms with Crippen molar-refractivity contribution in [2.24, 2.45) is 0 Å². The van der Waals surface area contributed by atoms with Gasteiger partial charge in [-0.25, -0.2) is 4.39 Å². The second-order valence-electron chi connectivity index (χ2n) is 5.18. The van der Waals surface area contributed by atoms with E-state index in [0.29, 0.717) is 6.61 Å². The molecule has 2 nitrogen and oxygen atoms in total. The van der Waals surface area contributed by atoms with Gasteiger partial charge < -0.3 is 9.30 Å². The molecule has 3 heteroatoms. The van der Waals surface area contributed by atoms with E-state index in [1.54, 1.807) is 6.07 Å². The van der Waals surface area contributed by atoms with Gasteiger partial charge in [0.2, 0.25) is 0 Å². The normalized spacial score (nSPS) is 11.0. The Bertz CT molecular complexity index is 759. The molecule has 0 bridgehead atoms. The Balaban J connectivity index is 1.88. The van der Waals surface area contributed by atoms with Crippen LogP contribution in [0, 0.1) is 12.7 Å². The molecule has 3 aromatic rings. The molecule has 0 aliphatic rings. The van der Waals surface area contributed by atoms with Crippen molar-refractivity contribution in [3.05, 3.63) is 65.6 Å². The number of hydrogen-bond donors (Lipinski definition) is 0. The van der Waals surface area contributed by atoms with Gasteiger partial charge in [0.25, 0.3) is 0 Å². The molecule has 0 saturated carbocycles. The summed E-state index contributed by atoms with van der Waals surface area (Å²) in [4.78, 5) is 0. The average molecular weight is 283 g/mol. The lowest BCUT2D eigenvalue weighted by molar-refractivity contribution is 0.296. The summed E-state index contributed by atoms with van der Waals surface area (Å²) in [5.74, 6) is 0.640. The lowest BCUT2D eigenvalue weighted by atomic mass is 10.2. The Morgan fingerprint density at radius 3 is 2.52 bits per heavy atom. The summed E-state index contributed by atoms with van der Waals surface area (Å²) in [5, 5.41) is 1.04. The van der Waals surface area contributed by atoms with E-state index < -0.39 is 0 Å². The molecule has 0 radical (unpaired) electrons. The molecule has 0 spiro atoms. The number of aryl methyl sites for hydroxylation is 2. The quantitative estimate of drug-likeness (QED) is 0.677. The van der Waals surface area contributed by atoms with Crippen LogP contribution in [0.3, 0.4) is 0 Å². The summed E-state index contributed by atoms with van der Waals surface area (Å²) in [7, 11) is 0. The monoisotopic (exact) mass is 283 g/mol. The summed E-state index contributed by atoms with van der Waals surface area (Å²) >= 11 is 0. The van der Waals surface area contributed by atoms with Crippen molar-refractivity contribution in [3.63, 3.8) is 0 Å². The van der Waals surface area contributed by atoms with Gasteiger partial charge in [0.05, 0.1) is 11.2 Å². The van der Waals surface area contributed by atoms with Crippen molar-refractivity contribution >= 4 is 10.9 Å². The minimum Gasteiger partial charge on any atom is -0.487 e. The van der Waals surface area contributed by atoms with E-state index in [9.17, 15) is 4.39 Å². The fourth-order valence-electron chi connectivity index (χ4n) is 2.57. The third-order valence-electron chi connectivity index (χ3n) is 3.68. The van der Waals surface area contributed by atoms with Crippen LogP contribution in [-0.2, 0) is 13.2 Å². The van der Waals surface area contributed by atoms with Crippen LogP contribution in [0.5, 0.6) is 5.75 Å². The molecule has 0 amide bonds. The van der Waals surface area contributed by atoms with Crippen LogP contribution in [0.15, 0.2) is 48.5 Å². The van der Waals surface area contributed by atoms with Crippen molar-refractivity contribution in [3.8, 4) is 5.75 Å². The number of nitrogens with zero attached hydrogens (tertiary/aromatic N) is 1. The van der Waals surface area contributed by atoms with E-state index in [1.807, 2.05) is 37.3 Å². The van der Waals surface area contributed by atoms with Gasteiger partial charge in [-0.3, -0.25) is 0 Å². The summed E-state index contributed by atoms with van der Waals surface area (Å²) in [5.41, 5.74) is 3.18. The molecule has 1 heterocycles. The van der Waals surface area contributed by atoms with Gasteiger partial charge >= 0.3 is 0 Å². The number of fused-ring (bicyclic) bond motifs is 1. The summed E-state index contributed by atoms with van der Waals surface area (Å²) in [6.07, 6.45) is 0. The number of ether oxygens (including phenoxy) is 1. The van der Waals surface area contributed by atoms with Gasteiger partial charge in [-0.1, -0.05) is 17.7 Å². The Kier molecular flexibility index (Phi) is 3.65. The third-order valence-corrected chi connectivity index (χ3v) is 3.68. The van der Waals surface area contributed by atoms with Crippen LogP contribution in [0.25, 0.3) is 10.9 Å². The molecule has 1 aromatic heterocycles. The second kappa shape index (κ2) is 5.60. The molecule has 0 N–H and O–H groups in total. The van der Waals surface area contributed by atoms with Crippen LogP contribution >= 0.6 is 0 Å². The van der Waals surface area contributed by atoms with E-state index >= 15 is 0 Å². The summed E-state index contributed by atoms with van der Waals surface area (Å²) in [6, 6.07) is 14.9. The van der Waals surface area contributed by atoms with Gasteiger partial charge in [0.1, 0.15) is 18.2 Å². The Hall–Kier alpha value is -2.29. The lowest BCUT2D eigenvalue weighted by Gasteiger charge is -2.10. The molecule has 0 saturated heterocycles. The molecular weight excluding hydrogens is 265 g/mol. The molecule has 0 fully saturated rings. The van der Waals surface area contributed by atoms with Crippen molar-refractivity contribution in [2.45, 2.75) is 27.0 Å². The second-order valence-corrected chi connectivity index (χ2v) is 5.18. The van der Waals surface area contributed by atoms with E-state index in [-0.39, 0.29) is 5.82 Å². The molecule has 0 aliphatic carbocycles. The number of halogens is 1. The smallest absolute Gasteiger partial charge is 0.128 e. The largest absolute Gasteiger partial charge is 0.487 e.